The molecule has 1 rings (SSSR count). The molecule has 1 atom stereocenters. The second-order valence-electron chi connectivity index (χ2n) is 5.54. The van der Waals surface area contributed by atoms with Crippen LogP contribution in [0, 0.1) is 0 Å². The van der Waals surface area contributed by atoms with E-state index in [9.17, 15) is 9.59 Å². The van der Waals surface area contributed by atoms with E-state index in [1.807, 2.05) is 20.8 Å². The number of hydrogen-bond acceptors (Lipinski definition) is 5. The number of carbonyl (C=O) groups excluding carboxylic acids is 2. The molecular weight excluding hydrogens is 248 g/mol. The van der Waals surface area contributed by atoms with Gasteiger partial charge >= 0.3 is 12.1 Å². The van der Waals surface area contributed by atoms with Crippen LogP contribution in [0.5, 0.6) is 0 Å². The Morgan fingerprint density at radius 1 is 1.37 bits per heavy atom. The van der Waals surface area contributed by atoms with Gasteiger partial charge in [-0.1, -0.05) is 0 Å². The molecule has 1 aliphatic heterocycles. The number of esters is 1. The molecule has 1 fully saturated rings. The van der Waals surface area contributed by atoms with Crippen molar-refractivity contribution in [2.75, 3.05) is 26.2 Å². The molecule has 0 saturated carbocycles. The standard InChI is InChI=1S/C13H24N2O4/c1-5-18-11(16)8-10-9-14-6-7-15(10)12(17)19-13(2,3)4/h10,14H,5-9H2,1-4H3/t10-/m0/s1. The monoisotopic (exact) mass is 272 g/mol. The van der Waals surface area contributed by atoms with Gasteiger partial charge in [0.1, 0.15) is 5.60 Å². The maximum Gasteiger partial charge on any atom is 0.410 e. The lowest BCUT2D eigenvalue weighted by atomic mass is 10.1. The topological polar surface area (TPSA) is 67.9 Å². The smallest absolute Gasteiger partial charge is 0.410 e. The summed E-state index contributed by atoms with van der Waals surface area (Å²) in [4.78, 5) is 25.2. The van der Waals surface area contributed by atoms with Crippen LogP contribution in [0.4, 0.5) is 4.79 Å². The van der Waals surface area contributed by atoms with Crippen molar-refractivity contribution in [3.05, 3.63) is 0 Å². The maximum atomic E-state index is 12.1. The zero-order chi connectivity index (χ0) is 14.5. The number of carbonyl (C=O) groups is 2. The fourth-order valence-electron chi connectivity index (χ4n) is 1.92. The zero-order valence-electron chi connectivity index (χ0n) is 12.2. The van der Waals surface area contributed by atoms with E-state index < -0.39 is 5.60 Å². The molecule has 0 aliphatic carbocycles. The average Bonchev–Trinajstić information content (AvgIpc) is 2.27. The largest absolute Gasteiger partial charge is 0.466 e. The van der Waals surface area contributed by atoms with Gasteiger partial charge in [-0.05, 0) is 27.7 Å². The Kier molecular flexibility index (Phi) is 5.60. The van der Waals surface area contributed by atoms with Crippen LogP contribution in [0.2, 0.25) is 0 Å². The van der Waals surface area contributed by atoms with Gasteiger partial charge in [-0.2, -0.15) is 0 Å². The van der Waals surface area contributed by atoms with Gasteiger partial charge < -0.3 is 19.7 Å². The minimum atomic E-state index is -0.531. The highest BCUT2D eigenvalue weighted by atomic mass is 16.6. The van der Waals surface area contributed by atoms with Gasteiger partial charge in [-0.15, -0.1) is 0 Å². The van der Waals surface area contributed by atoms with Gasteiger partial charge in [-0.25, -0.2) is 4.79 Å². The highest BCUT2D eigenvalue weighted by Crippen LogP contribution is 2.15. The molecule has 0 spiro atoms. The highest BCUT2D eigenvalue weighted by Gasteiger charge is 2.31. The third-order valence-electron chi connectivity index (χ3n) is 2.69. The molecule has 1 amide bonds. The van der Waals surface area contributed by atoms with Crippen molar-refractivity contribution < 1.29 is 19.1 Å². The van der Waals surface area contributed by atoms with Crippen molar-refractivity contribution in [1.29, 1.82) is 0 Å². The van der Waals surface area contributed by atoms with Gasteiger partial charge in [0.05, 0.1) is 19.1 Å². The summed E-state index contributed by atoms with van der Waals surface area (Å²) in [7, 11) is 0. The second-order valence-corrected chi connectivity index (χ2v) is 5.54. The molecule has 0 bridgehead atoms. The first kappa shape index (κ1) is 15.8. The molecule has 0 aromatic carbocycles. The fraction of sp³-hybridized carbons (Fsp3) is 0.846. The summed E-state index contributed by atoms with van der Waals surface area (Å²) in [5.41, 5.74) is -0.531. The molecule has 110 valence electrons. The summed E-state index contributed by atoms with van der Waals surface area (Å²) in [6.07, 6.45) is -0.177. The normalized spacial score (nSPS) is 20.0. The number of amides is 1. The van der Waals surface area contributed by atoms with Crippen LogP contribution in [0.3, 0.4) is 0 Å². The Bertz CT molecular complexity index is 325. The number of piperazine rings is 1. The molecule has 1 saturated heterocycles. The first-order chi connectivity index (χ1) is 8.83. The van der Waals surface area contributed by atoms with Crippen molar-refractivity contribution in [2.45, 2.75) is 45.8 Å². The zero-order valence-corrected chi connectivity index (χ0v) is 12.2. The molecule has 6 nitrogen and oxygen atoms in total. The van der Waals surface area contributed by atoms with Crippen molar-refractivity contribution in [3.8, 4) is 0 Å². The molecule has 6 heteroatoms. The predicted octanol–water partition coefficient (Wildman–Crippen LogP) is 1.15. The van der Waals surface area contributed by atoms with E-state index in [-0.39, 0.29) is 24.5 Å². The second kappa shape index (κ2) is 6.75. The lowest BCUT2D eigenvalue weighted by Gasteiger charge is -2.36. The van der Waals surface area contributed by atoms with E-state index in [1.165, 1.54) is 0 Å². The van der Waals surface area contributed by atoms with Crippen LogP contribution >= 0.6 is 0 Å². The number of nitrogens with one attached hydrogen (secondary N) is 1. The summed E-state index contributed by atoms with van der Waals surface area (Å²) in [6.45, 7) is 9.43. The summed E-state index contributed by atoms with van der Waals surface area (Å²) in [6, 6.07) is -0.206. The Morgan fingerprint density at radius 2 is 2.05 bits per heavy atom. The average molecular weight is 272 g/mol. The van der Waals surface area contributed by atoms with E-state index >= 15 is 0 Å². The fourth-order valence-corrected chi connectivity index (χ4v) is 1.92. The quantitative estimate of drug-likeness (QED) is 0.781. The van der Waals surface area contributed by atoms with Crippen molar-refractivity contribution in [1.82, 2.24) is 10.2 Å². The van der Waals surface area contributed by atoms with Crippen LogP contribution in [0.15, 0.2) is 0 Å². The van der Waals surface area contributed by atoms with Crippen LogP contribution in [0.25, 0.3) is 0 Å². The SMILES string of the molecule is CCOC(=O)C[C@H]1CNCCN1C(=O)OC(C)(C)C. The molecule has 1 aliphatic rings. The molecule has 0 radical (unpaired) electrons. The van der Waals surface area contributed by atoms with Gasteiger partial charge in [0.15, 0.2) is 0 Å². The molecule has 0 aromatic rings. The summed E-state index contributed by atoms with van der Waals surface area (Å²) in [5, 5.41) is 3.17. The van der Waals surface area contributed by atoms with Gasteiger partial charge in [-0.3, -0.25) is 4.79 Å². The lowest BCUT2D eigenvalue weighted by Crippen LogP contribution is -2.55. The van der Waals surface area contributed by atoms with Crippen molar-refractivity contribution in [3.63, 3.8) is 0 Å². The van der Waals surface area contributed by atoms with Crippen molar-refractivity contribution >= 4 is 12.1 Å². The Balaban J connectivity index is 2.61. The summed E-state index contributed by atoms with van der Waals surface area (Å²) >= 11 is 0. The summed E-state index contributed by atoms with van der Waals surface area (Å²) < 4.78 is 10.3. The number of ether oxygens (including phenoxy) is 2. The van der Waals surface area contributed by atoms with Crippen LogP contribution in [0.1, 0.15) is 34.1 Å². The van der Waals surface area contributed by atoms with Gasteiger partial charge in [0, 0.05) is 19.6 Å². The Labute approximate surface area is 114 Å². The molecule has 0 unspecified atom stereocenters. The van der Waals surface area contributed by atoms with Gasteiger partial charge in [0.25, 0.3) is 0 Å². The first-order valence-electron chi connectivity index (χ1n) is 6.69. The highest BCUT2D eigenvalue weighted by molar-refractivity contribution is 5.73. The maximum absolute atomic E-state index is 12.1. The minimum absolute atomic E-state index is 0.195. The minimum Gasteiger partial charge on any atom is -0.466 e. The van der Waals surface area contributed by atoms with E-state index in [1.54, 1.807) is 11.8 Å². The number of nitrogens with zero attached hydrogens (tertiary/aromatic N) is 1. The third kappa shape index (κ3) is 5.46. The van der Waals surface area contributed by atoms with E-state index in [0.717, 1.165) is 0 Å². The summed E-state index contributed by atoms with van der Waals surface area (Å²) in [5.74, 6) is -0.287. The van der Waals surface area contributed by atoms with Crippen LogP contribution < -0.4 is 5.32 Å². The Hall–Kier alpha value is -1.30. The van der Waals surface area contributed by atoms with E-state index in [0.29, 0.717) is 26.2 Å². The van der Waals surface area contributed by atoms with Crippen LogP contribution in [-0.4, -0.2) is 54.8 Å². The van der Waals surface area contributed by atoms with Gasteiger partial charge in [0.2, 0.25) is 0 Å². The van der Waals surface area contributed by atoms with Crippen LogP contribution in [-0.2, 0) is 14.3 Å². The van der Waals surface area contributed by atoms with E-state index in [2.05, 4.69) is 5.32 Å². The first-order valence-corrected chi connectivity index (χ1v) is 6.69. The molecule has 1 heterocycles. The molecule has 0 aromatic heterocycles. The predicted molar refractivity (Wildman–Crippen MR) is 70.8 cm³/mol. The Morgan fingerprint density at radius 3 is 2.63 bits per heavy atom. The number of hydrogen-bond donors (Lipinski definition) is 1. The molecule has 19 heavy (non-hydrogen) atoms. The van der Waals surface area contributed by atoms with Crippen molar-refractivity contribution in [2.24, 2.45) is 0 Å². The van der Waals surface area contributed by atoms with E-state index in [4.69, 9.17) is 9.47 Å². The lowest BCUT2D eigenvalue weighted by molar-refractivity contribution is -0.144. The number of rotatable bonds is 3. The third-order valence-corrected chi connectivity index (χ3v) is 2.69. The molecular formula is C13H24N2O4. The molecule has 1 N–H and O–H groups in total.